The molecule has 1 heterocycles. The van der Waals surface area contributed by atoms with E-state index >= 15 is 0 Å². The van der Waals surface area contributed by atoms with Crippen LogP contribution in [-0.2, 0) is 4.79 Å². The SMILES string of the molecule is COc1c(OC(C)=O)c2ccc(O)cc2oc1=O. The molecule has 0 saturated heterocycles. The summed E-state index contributed by atoms with van der Waals surface area (Å²) in [7, 11) is 1.27. The summed E-state index contributed by atoms with van der Waals surface area (Å²) in [6.07, 6.45) is 0. The normalized spacial score (nSPS) is 10.3. The fourth-order valence-electron chi connectivity index (χ4n) is 1.57. The first-order valence-corrected chi connectivity index (χ1v) is 5.05. The number of rotatable bonds is 2. The van der Waals surface area contributed by atoms with E-state index in [-0.39, 0.29) is 22.8 Å². The van der Waals surface area contributed by atoms with Crippen molar-refractivity contribution in [2.75, 3.05) is 7.11 Å². The van der Waals surface area contributed by atoms with E-state index in [0.29, 0.717) is 5.39 Å². The second-order valence-electron chi connectivity index (χ2n) is 3.53. The maximum Gasteiger partial charge on any atom is 0.383 e. The molecule has 2 rings (SSSR count). The predicted molar refractivity (Wildman–Crippen MR) is 62.0 cm³/mol. The van der Waals surface area contributed by atoms with E-state index in [0.717, 1.165) is 0 Å². The number of fused-ring (bicyclic) bond motifs is 1. The van der Waals surface area contributed by atoms with Crippen molar-refractivity contribution in [1.29, 1.82) is 0 Å². The molecule has 0 saturated carbocycles. The average molecular weight is 250 g/mol. The molecule has 1 N–H and O–H groups in total. The zero-order valence-electron chi connectivity index (χ0n) is 9.72. The van der Waals surface area contributed by atoms with Crippen molar-refractivity contribution in [3.05, 3.63) is 28.6 Å². The smallest absolute Gasteiger partial charge is 0.383 e. The van der Waals surface area contributed by atoms with E-state index < -0.39 is 11.6 Å². The van der Waals surface area contributed by atoms with Gasteiger partial charge < -0.3 is 19.0 Å². The van der Waals surface area contributed by atoms with Crippen LogP contribution >= 0.6 is 0 Å². The summed E-state index contributed by atoms with van der Waals surface area (Å²) >= 11 is 0. The van der Waals surface area contributed by atoms with Gasteiger partial charge in [-0.15, -0.1) is 0 Å². The van der Waals surface area contributed by atoms with Crippen molar-refractivity contribution in [1.82, 2.24) is 0 Å². The number of esters is 1. The van der Waals surface area contributed by atoms with Crippen molar-refractivity contribution in [3.63, 3.8) is 0 Å². The molecule has 6 heteroatoms. The number of benzene rings is 1. The molecule has 0 aliphatic carbocycles. The highest BCUT2D eigenvalue weighted by molar-refractivity contribution is 5.89. The molecule has 0 aliphatic rings. The molecule has 0 bridgehead atoms. The number of aromatic hydroxyl groups is 1. The molecule has 0 radical (unpaired) electrons. The number of carbonyl (C=O) groups excluding carboxylic acids is 1. The third-order valence-electron chi connectivity index (χ3n) is 2.25. The zero-order chi connectivity index (χ0) is 13.3. The molecule has 1 aromatic carbocycles. The van der Waals surface area contributed by atoms with Gasteiger partial charge in [0.1, 0.15) is 11.3 Å². The van der Waals surface area contributed by atoms with Crippen LogP contribution in [-0.4, -0.2) is 18.2 Å². The Bertz CT molecular complexity index is 670. The maximum absolute atomic E-state index is 11.6. The van der Waals surface area contributed by atoms with E-state index in [9.17, 15) is 14.7 Å². The Morgan fingerprint density at radius 2 is 2.06 bits per heavy atom. The Morgan fingerprint density at radius 3 is 2.67 bits per heavy atom. The summed E-state index contributed by atoms with van der Waals surface area (Å²) in [5.41, 5.74) is -0.677. The predicted octanol–water partition coefficient (Wildman–Crippen LogP) is 1.43. The van der Waals surface area contributed by atoms with Gasteiger partial charge in [0, 0.05) is 13.0 Å². The van der Waals surface area contributed by atoms with Gasteiger partial charge in [-0.1, -0.05) is 0 Å². The average Bonchev–Trinajstić information content (AvgIpc) is 2.27. The molecule has 6 nitrogen and oxygen atoms in total. The molecular weight excluding hydrogens is 240 g/mol. The van der Waals surface area contributed by atoms with Crippen LogP contribution < -0.4 is 15.1 Å². The van der Waals surface area contributed by atoms with Gasteiger partial charge in [-0.2, -0.15) is 0 Å². The lowest BCUT2D eigenvalue weighted by Crippen LogP contribution is -2.10. The highest BCUT2D eigenvalue weighted by Crippen LogP contribution is 2.34. The van der Waals surface area contributed by atoms with Gasteiger partial charge in [0.25, 0.3) is 0 Å². The van der Waals surface area contributed by atoms with Gasteiger partial charge in [0.05, 0.1) is 12.5 Å². The molecule has 1 aromatic heterocycles. The summed E-state index contributed by atoms with van der Waals surface area (Å²) < 4.78 is 14.8. The molecule has 0 atom stereocenters. The molecule has 0 unspecified atom stereocenters. The second-order valence-corrected chi connectivity index (χ2v) is 3.53. The summed E-state index contributed by atoms with van der Waals surface area (Å²) in [5.74, 6) is -0.863. The topological polar surface area (TPSA) is 86.0 Å². The van der Waals surface area contributed by atoms with Gasteiger partial charge in [-0.25, -0.2) is 4.79 Å². The number of phenolic OH excluding ortho intramolecular Hbond substituents is 1. The second kappa shape index (κ2) is 4.40. The molecule has 94 valence electrons. The van der Waals surface area contributed by atoms with Crippen LogP contribution in [0.4, 0.5) is 0 Å². The number of phenols is 1. The molecular formula is C12H10O6. The van der Waals surface area contributed by atoms with Gasteiger partial charge in [0.15, 0.2) is 5.75 Å². The van der Waals surface area contributed by atoms with Gasteiger partial charge >= 0.3 is 11.6 Å². The van der Waals surface area contributed by atoms with Crippen molar-refractivity contribution < 1.29 is 23.8 Å². The number of carbonyl (C=O) groups is 1. The number of ether oxygens (including phenoxy) is 2. The molecule has 0 amide bonds. The first-order valence-electron chi connectivity index (χ1n) is 5.05. The molecule has 0 fully saturated rings. The lowest BCUT2D eigenvalue weighted by atomic mass is 10.2. The maximum atomic E-state index is 11.6. The first-order chi connectivity index (χ1) is 8.52. The largest absolute Gasteiger partial charge is 0.508 e. The van der Waals surface area contributed by atoms with Crippen molar-refractivity contribution in [2.45, 2.75) is 6.92 Å². The molecule has 18 heavy (non-hydrogen) atoms. The van der Waals surface area contributed by atoms with E-state index in [2.05, 4.69) is 0 Å². The van der Waals surface area contributed by atoms with E-state index in [1.54, 1.807) is 0 Å². The zero-order valence-corrected chi connectivity index (χ0v) is 9.72. The van der Waals surface area contributed by atoms with Crippen LogP contribution in [0.2, 0.25) is 0 Å². The Morgan fingerprint density at radius 1 is 1.33 bits per heavy atom. The minimum absolute atomic E-state index is 0.0174. The van der Waals surface area contributed by atoms with Crippen LogP contribution in [0, 0.1) is 0 Å². The minimum Gasteiger partial charge on any atom is -0.508 e. The number of methoxy groups -OCH3 is 1. The quantitative estimate of drug-likeness (QED) is 0.641. The van der Waals surface area contributed by atoms with Crippen LogP contribution in [0.5, 0.6) is 17.2 Å². The fraction of sp³-hybridized carbons (Fsp3) is 0.167. The van der Waals surface area contributed by atoms with E-state index in [1.807, 2.05) is 0 Å². The summed E-state index contributed by atoms with van der Waals surface area (Å²) in [6, 6.07) is 4.10. The summed E-state index contributed by atoms with van der Waals surface area (Å²) in [5, 5.41) is 9.68. The Labute approximate surface area is 101 Å². The number of hydrogen-bond donors (Lipinski definition) is 1. The van der Waals surface area contributed by atoms with Crippen molar-refractivity contribution >= 4 is 16.9 Å². The third kappa shape index (κ3) is 2.00. The lowest BCUT2D eigenvalue weighted by Gasteiger charge is -2.09. The summed E-state index contributed by atoms with van der Waals surface area (Å²) in [6.45, 7) is 1.21. The Hall–Kier alpha value is -2.50. The standard InChI is InChI=1S/C12H10O6/c1-6(13)17-10-8-4-3-7(14)5-9(8)18-12(15)11(10)16-2/h3-5,14H,1-2H3. The Kier molecular flexibility index (Phi) is 2.93. The monoisotopic (exact) mass is 250 g/mol. The van der Waals surface area contributed by atoms with E-state index in [1.165, 1.54) is 32.2 Å². The first kappa shape index (κ1) is 12.0. The highest BCUT2D eigenvalue weighted by Gasteiger charge is 2.18. The van der Waals surface area contributed by atoms with Crippen LogP contribution in [0.15, 0.2) is 27.4 Å². The van der Waals surface area contributed by atoms with Gasteiger partial charge in [0.2, 0.25) is 5.75 Å². The lowest BCUT2D eigenvalue weighted by molar-refractivity contribution is -0.131. The van der Waals surface area contributed by atoms with Crippen LogP contribution in [0.3, 0.4) is 0 Å². The third-order valence-corrected chi connectivity index (χ3v) is 2.25. The van der Waals surface area contributed by atoms with Crippen molar-refractivity contribution in [3.8, 4) is 17.2 Å². The van der Waals surface area contributed by atoms with E-state index in [4.69, 9.17) is 13.9 Å². The number of hydrogen-bond acceptors (Lipinski definition) is 6. The molecule has 0 aliphatic heterocycles. The van der Waals surface area contributed by atoms with Gasteiger partial charge in [-0.05, 0) is 12.1 Å². The fourth-order valence-corrected chi connectivity index (χ4v) is 1.57. The molecule has 2 aromatic rings. The van der Waals surface area contributed by atoms with Gasteiger partial charge in [-0.3, -0.25) is 4.79 Å². The van der Waals surface area contributed by atoms with Crippen molar-refractivity contribution in [2.24, 2.45) is 0 Å². The minimum atomic E-state index is -0.785. The van der Waals surface area contributed by atoms with Crippen LogP contribution in [0.25, 0.3) is 11.0 Å². The highest BCUT2D eigenvalue weighted by atomic mass is 16.6. The van der Waals surface area contributed by atoms with Crippen LogP contribution in [0.1, 0.15) is 6.92 Å². The Balaban J connectivity index is 2.83. The summed E-state index contributed by atoms with van der Waals surface area (Å²) in [4.78, 5) is 22.7. The molecule has 0 spiro atoms.